The van der Waals surface area contributed by atoms with Crippen molar-refractivity contribution in [3.8, 4) is 5.75 Å². The molecule has 3 atom stereocenters. The normalized spacial score (nSPS) is 36.6. The Morgan fingerprint density at radius 2 is 1.61 bits per heavy atom. The molecule has 49 heavy (non-hydrogen) atoms. The average Bonchev–Trinajstić information content (AvgIpc) is 3.38. The van der Waals surface area contributed by atoms with Crippen LogP contribution in [-0.2, 0) is 20.2 Å². The zero-order valence-corrected chi connectivity index (χ0v) is 30.2. The van der Waals surface area contributed by atoms with Gasteiger partial charge in [0.25, 0.3) is 0 Å². The molecule has 2 bridgehead atoms. The lowest BCUT2D eigenvalue weighted by Gasteiger charge is -2.73. The smallest absolute Gasteiger partial charge is 0.465 e. The lowest BCUT2D eigenvalue weighted by molar-refractivity contribution is -0.174. The molecule has 13 heteroatoms. The van der Waals surface area contributed by atoms with Gasteiger partial charge < -0.3 is 28.5 Å². The van der Waals surface area contributed by atoms with Gasteiger partial charge in [-0.2, -0.15) is 13.2 Å². The number of aliphatic hydroxyl groups is 1. The van der Waals surface area contributed by atoms with Gasteiger partial charge in [0.2, 0.25) is 0 Å². The van der Waals surface area contributed by atoms with Crippen LogP contribution in [0.25, 0.3) is 11.0 Å². The minimum absolute atomic E-state index is 0.00668. The highest BCUT2D eigenvalue weighted by molar-refractivity contribution is 6.50. The number of halogens is 3. The monoisotopic (exact) mass is 689 g/mol. The van der Waals surface area contributed by atoms with Gasteiger partial charge in [-0.15, -0.1) is 0 Å². The van der Waals surface area contributed by atoms with Crippen molar-refractivity contribution in [2.45, 2.75) is 159 Å². The topological polar surface area (TPSA) is 95.3 Å². The summed E-state index contributed by atoms with van der Waals surface area (Å²) in [6.45, 7) is 17.3. The molecule has 3 heterocycles. The van der Waals surface area contributed by atoms with E-state index in [4.69, 9.17) is 18.8 Å². The number of piperidine rings is 1. The number of nitrogens with zero attached hydrogens (tertiary/aromatic N) is 3. The molecule has 1 unspecified atom stereocenters. The van der Waals surface area contributed by atoms with E-state index in [1.807, 2.05) is 55.4 Å². The first-order valence-electron chi connectivity index (χ1n) is 17.7. The number of alkyl halides is 3. The number of benzene rings is 1. The van der Waals surface area contributed by atoms with E-state index in [1.165, 1.54) is 17.0 Å². The molecule has 6 fully saturated rings. The molecule has 1 N–H and O–H groups in total. The third-order valence-electron chi connectivity index (χ3n) is 12.7. The summed E-state index contributed by atoms with van der Waals surface area (Å²) in [6.07, 6.45) is 1.36. The summed E-state index contributed by atoms with van der Waals surface area (Å²) >= 11 is 0. The van der Waals surface area contributed by atoms with Crippen LogP contribution in [-0.4, -0.2) is 73.9 Å². The maximum absolute atomic E-state index is 14.6. The average molecular weight is 690 g/mol. The van der Waals surface area contributed by atoms with E-state index in [1.54, 1.807) is 11.8 Å². The predicted molar refractivity (Wildman–Crippen MR) is 178 cm³/mol. The quantitative estimate of drug-likeness (QED) is 0.308. The number of carbonyl (C=O) groups excluding carboxylic acids is 1. The summed E-state index contributed by atoms with van der Waals surface area (Å²) in [7, 11) is -0.506. The molecule has 2 aromatic rings. The van der Waals surface area contributed by atoms with Crippen LogP contribution >= 0.6 is 0 Å². The van der Waals surface area contributed by atoms with Crippen LogP contribution in [0.2, 0.25) is 5.31 Å². The minimum Gasteiger partial charge on any atom is -0.491 e. The maximum atomic E-state index is 14.6. The Morgan fingerprint density at radius 3 is 2.12 bits per heavy atom. The fourth-order valence-electron chi connectivity index (χ4n) is 9.47. The Morgan fingerprint density at radius 1 is 1.00 bits per heavy atom. The van der Waals surface area contributed by atoms with E-state index >= 15 is 0 Å². The number of hydrogen-bond acceptors (Lipinski definition) is 7. The number of fused-ring (bicyclic) bond motifs is 1. The van der Waals surface area contributed by atoms with Crippen LogP contribution in [0.1, 0.15) is 119 Å². The molecule has 1 aromatic heterocycles. The molecule has 8 rings (SSSR count). The second-order valence-corrected chi connectivity index (χ2v) is 18.2. The number of carbonyl (C=O) groups is 1. The van der Waals surface area contributed by atoms with E-state index in [0.717, 1.165) is 25.3 Å². The molecular weight excluding hydrogens is 638 g/mol. The van der Waals surface area contributed by atoms with Crippen molar-refractivity contribution in [2.75, 3.05) is 6.61 Å². The van der Waals surface area contributed by atoms with Crippen molar-refractivity contribution in [3.05, 3.63) is 24.0 Å². The molecule has 4 saturated carbocycles. The largest absolute Gasteiger partial charge is 0.491 e. The van der Waals surface area contributed by atoms with Crippen LogP contribution in [0.15, 0.2) is 18.5 Å². The van der Waals surface area contributed by atoms with Crippen molar-refractivity contribution in [3.63, 3.8) is 0 Å². The van der Waals surface area contributed by atoms with E-state index in [2.05, 4.69) is 4.98 Å². The van der Waals surface area contributed by atoms with Gasteiger partial charge in [-0.1, -0.05) is 0 Å². The highest BCUT2D eigenvalue weighted by Crippen LogP contribution is 2.79. The Hall–Kier alpha value is -2.51. The van der Waals surface area contributed by atoms with Gasteiger partial charge in [-0.3, -0.25) is 4.90 Å². The molecule has 270 valence electrons. The summed E-state index contributed by atoms with van der Waals surface area (Å²) in [6, 6.07) is 1.49. The summed E-state index contributed by atoms with van der Waals surface area (Å²) in [5.74, 6) is 0.714. The summed E-state index contributed by atoms with van der Waals surface area (Å²) in [5.41, 5.74) is -3.44. The summed E-state index contributed by atoms with van der Waals surface area (Å²) < 4.78 is 71.1. The van der Waals surface area contributed by atoms with E-state index in [9.17, 15) is 23.1 Å². The summed E-state index contributed by atoms with van der Waals surface area (Å²) in [5, 5.41) is 9.84. The molecular formula is C36H51BF3N3O6. The Labute approximate surface area is 287 Å². The zero-order valence-electron chi connectivity index (χ0n) is 30.2. The lowest BCUT2D eigenvalue weighted by atomic mass is 9.26. The van der Waals surface area contributed by atoms with Gasteiger partial charge >= 0.3 is 19.4 Å². The standard InChI is InChI=1S/C36H51BF3N3O6/c1-21-12-35(34-13-22(14-34)15-34,37-48-31(5,6)32(7,8)49-37)18-24(43(21)29(44)47-30(2,3)4)19-46-25-10-26(36(38,39)40)28-27(11-25)41-20-42(28)23-16-33(9,45)17-23/h10-11,20-24,45H,12-19H2,1-9H3/t21-,22?,23?,24-,33?,34?,35?/m0/s1. The van der Waals surface area contributed by atoms with Gasteiger partial charge in [-0.25, -0.2) is 9.78 Å². The molecule has 6 aliphatic rings. The first-order valence-corrected chi connectivity index (χ1v) is 17.7. The fourth-order valence-corrected chi connectivity index (χ4v) is 9.47. The molecule has 0 spiro atoms. The third kappa shape index (κ3) is 5.64. The van der Waals surface area contributed by atoms with E-state index < -0.39 is 58.7 Å². The van der Waals surface area contributed by atoms with Crippen molar-refractivity contribution < 1.29 is 41.9 Å². The number of ether oxygens (including phenoxy) is 2. The fraction of sp³-hybridized carbons (Fsp3) is 0.778. The molecule has 0 radical (unpaired) electrons. The van der Waals surface area contributed by atoms with Gasteiger partial charge in [0, 0.05) is 23.5 Å². The molecule has 1 aromatic carbocycles. The number of imidazole rings is 1. The predicted octanol–water partition coefficient (Wildman–Crippen LogP) is 7.94. The van der Waals surface area contributed by atoms with Crippen molar-refractivity contribution in [2.24, 2.45) is 11.3 Å². The highest BCUT2D eigenvalue weighted by Gasteiger charge is 2.75. The number of rotatable bonds is 6. The first kappa shape index (κ1) is 34.9. The van der Waals surface area contributed by atoms with Crippen LogP contribution < -0.4 is 4.74 Å². The molecule has 9 nitrogen and oxygen atoms in total. The number of aromatic nitrogens is 2. The number of amides is 1. The molecule has 2 saturated heterocycles. The van der Waals surface area contributed by atoms with Gasteiger partial charge in [0.05, 0.1) is 45.8 Å². The lowest BCUT2D eigenvalue weighted by Crippen LogP contribution is -2.69. The van der Waals surface area contributed by atoms with Crippen LogP contribution in [0.4, 0.5) is 18.0 Å². The molecule has 1 amide bonds. The third-order valence-corrected chi connectivity index (χ3v) is 12.7. The van der Waals surface area contributed by atoms with Gasteiger partial charge in [0.1, 0.15) is 18.0 Å². The minimum atomic E-state index is -4.67. The Balaban J connectivity index is 1.23. The summed E-state index contributed by atoms with van der Waals surface area (Å²) in [4.78, 5) is 19.9. The second kappa shape index (κ2) is 10.8. The van der Waals surface area contributed by atoms with E-state index in [0.29, 0.717) is 31.6 Å². The second-order valence-electron chi connectivity index (χ2n) is 18.2. The SMILES string of the molecule is C[C@H]1CC(B2OC(C)(C)C(C)(C)O2)(C23CC(C2)C3)C[C@@H](COc2cc(C(F)(F)F)c3c(c2)ncn3C2CC(C)(O)C2)N1C(=O)OC(C)(C)C. The Bertz CT molecular complexity index is 1610. The van der Waals surface area contributed by atoms with E-state index in [-0.39, 0.29) is 40.9 Å². The molecule has 2 aliphatic heterocycles. The van der Waals surface area contributed by atoms with Crippen LogP contribution in [0, 0.1) is 11.3 Å². The van der Waals surface area contributed by atoms with Crippen LogP contribution in [0.5, 0.6) is 5.75 Å². The van der Waals surface area contributed by atoms with Crippen molar-refractivity contribution >= 4 is 24.2 Å². The maximum Gasteiger partial charge on any atom is 0.465 e. The Kier molecular flexibility index (Phi) is 7.67. The van der Waals surface area contributed by atoms with Crippen LogP contribution in [0.3, 0.4) is 0 Å². The van der Waals surface area contributed by atoms with Crippen molar-refractivity contribution in [1.29, 1.82) is 0 Å². The van der Waals surface area contributed by atoms with Crippen molar-refractivity contribution in [1.82, 2.24) is 14.5 Å². The number of likely N-dealkylation sites (tertiary alicyclic amines) is 1. The molecule has 4 aliphatic carbocycles. The zero-order chi connectivity index (χ0) is 35.7. The van der Waals surface area contributed by atoms with Gasteiger partial charge in [0.15, 0.2) is 0 Å². The first-order chi connectivity index (χ1) is 22.4. The van der Waals surface area contributed by atoms with Gasteiger partial charge in [-0.05, 0) is 125 Å². The number of hydrogen-bond donors (Lipinski definition) is 1. The highest BCUT2D eigenvalue weighted by atomic mass is 19.4.